The third kappa shape index (κ3) is 3.79. The Labute approximate surface area is 151 Å². The van der Waals surface area contributed by atoms with Crippen LogP contribution in [-0.2, 0) is 15.9 Å². The standard InChI is InChI=1S/C16H12Cl2N2O3S/c17-9-1-4-11(5-2-9)19-16(21)14-8-15(24-20-22)12-7-10(18)3-6-13(12)23-14/h1-7,14,22H,8H2,(H,19,21). The lowest BCUT2D eigenvalue weighted by Crippen LogP contribution is -2.38. The van der Waals surface area contributed by atoms with Crippen LogP contribution in [0.4, 0.5) is 5.69 Å². The van der Waals surface area contributed by atoms with Gasteiger partial charge in [0.2, 0.25) is 0 Å². The molecule has 3 rings (SSSR count). The van der Waals surface area contributed by atoms with Gasteiger partial charge in [-0.2, -0.15) is 0 Å². The summed E-state index contributed by atoms with van der Waals surface area (Å²) < 4.78 is 8.88. The number of carbonyl (C=O) groups is 1. The van der Waals surface area contributed by atoms with E-state index in [1.807, 2.05) is 0 Å². The van der Waals surface area contributed by atoms with E-state index in [9.17, 15) is 4.79 Å². The molecule has 0 saturated heterocycles. The van der Waals surface area contributed by atoms with Crippen LogP contribution in [0.5, 0.6) is 5.75 Å². The molecule has 1 aliphatic heterocycles. The lowest BCUT2D eigenvalue weighted by molar-refractivity contribution is -0.122. The number of amides is 1. The van der Waals surface area contributed by atoms with Gasteiger partial charge in [0, 0.05) is 32.6 Å². The van der Waals surface area contributed by atoms with Gasteiger partial charge < -0.3 is 10.1 Å². The number of benzene rings is 2. The lowest BCUT2D eigenvalue weighted by Gasteiger charge is -2.26. The Kier molecular flexibility index (Phi) is 5.20. The van der Waals surface area contributed by atoms with E-state index >= 15 is 0 Å². The summed E-state index contributed by atoms with van der Waals surface area (Å²) in [4.78, 5) is 13.2. The van der Waals surface area contributed by atoms with E-state index in [0.717, 1.165) is 16.7 Å². The van der Waals surface area contributed by atoms with E-state index in [1.54, 1.807) is 42.5 Å². The molecule has 0 radical (unpaired) electrons. The summed E-state index contributed by atoms with van der Waals surface area (Å²) in [7, 11) is 0. The Balaban J connectivity index is 1.85. The first-order valence-corrected chi connectivity index (χ1v) is 8.50. The number of anilines is 1. The monoisotopic (exact) mass is 382 g/mol. The number of rotatable bonds is 2. The third-order valence-electron chi connectivity index (χ3n) is 3.44. The summed E-state index contributed by atoms with van der Waals surface area (Å²) in [6.45, 7) is 0. The van der Waals surface area contributed by atoms with Gasteiger partial charge >= 0.3 is 0 Å². The van der Waals surface area contributed by atoms with Gasteiger partial charge in [0.15, 0.2) is 6.10 Å². The molecule has 1 unspecified atom stereocenters. The van der Waals surface area contributed by atoms with Crippen molar-refractivity contribution in [1.82, 2.24) is 0 Å². The molecule has 0 aliphatic carbocycles. The van der Waals surface area contributed by atoms with Gasteiger partial charge in [-0.05, 0) is 53.6 Å². The summed E-state index contributed by atoms with van der Waals surface area (Å²) in [5, 5.41) is 12.8. The van der Waals surface area contributed by atoms with Crippen molar-refractivity contribution in [3.8, 4) is 5.75 Å². The molecule has 0 aromatic heterocycles. The second-order valence-electron chi connectivity index (χ2n) is 5.04. The van der Waals surface area contributed by atoms with Crippen LogP contribution in [0.3, 0.4) is 0 Å². The first-order valence-electron chi connectivity index (χ1n) is 6.97. The normalized spacial score (nSPS) is 16.0. The summed E-state index contributed by atoms with van der Waals surface area (Å²) in [5.41, 5.74) is 1.34. The van der Waals surface area contributed by atoms with Gasteiger partial charge in [-0.25, -0.2) is 0 Å². The Bertz CT molecular complexity index is 849. The van der Waals surface area contributed by atoms with Crippen molar-refractivity contribution in [1.29, 1.82) is 0 Å². The Morgan fingerprint density at radius 3 is 2.62 bits per heavy atom. The van der Waals surface area contributed by atoms with Crippen LogP contribution in [-0.4, -0.2) is 22.1 Å². The number of hydrogen-bond acceptors (Lipinski definition) is 3. The second kappa shape index (κ2) is 7.36. The molecule has 2 N–H and O–H groups in total. The van der Waals surface area contributed by atoms with E-state index in [4.69, 9.17) is 33.1 Å². The minimum atomic E-state index is -0.737. The van der Waals surface area contributed by atoms with Gasteiger partial charge in [-0.3, -0.25) is 10.0 Å². The molecule has 0 spiro atoms. The molecule has 1 amide bonds. The SMILES string of the molecule is O=C(Nc1ccc(Cl)cc1)C1CC(=S=NO)c2cc(Cl)ccc2O1. The van der Waals surface area contributed by atoms with Crippen molar-refractivity contribution in [3.05, 3.63) is 58.1 Å². The fraction of sp³-hybridized carbons (Fsp3) is 0.125. The molecular weight excluding hydrogens is 371 g/mol. The maximum Gasteiger partial charge on any atom is 0.265 e. The average Bonchev–Trinajstić information content (AvgIpc) is 2.57. The largest absolute Gasteiger partial charge is 0.480 e. The smallest absolute Gasteiger partial charge is 0.265 e. The number of carbonyl (C=O) groups excluding carboxylic acids is 1. The fourth-order valence-corrected chi connectivity index (χ4v) is 3.21. The van der Waals surface area contributed by atoms with E-state index in [1.165, 1.54) is 0 Å². The molecule has 124 valence electrons. The van der Waals surface area contributed by atoms with Crippen LogP contribution < -0.4 is 10.1 Å². The fourth-order valence-electron chi connectivity index (χ4n) is 2.33. The molecule has 1 aliphatic rings. The Morgan fingerprint density at radius 1 is 1.21 bits per heavy atom. The average molecular weight is 383 g/mol. The first-order chi connectivity index (χ1) is 11.6. The van der Waals surface area contributed by atoms with Crippen molar-refractivity contribution in [3.63, 3.8) is 0 Å². The van der Waals surface area contributed by atoms with Crippen LogP contribution in [0.2, 0.25) is 10.0 Å². The molecule has 2 aromatic rings. The van der Waals surface area contributed by atoms with Crippen molar-refractivity contribution in [2.24, 2.45) is 4.53 Å². The molecule has 1 heterocycles. The zero-order valence-electron chi connectivity index (χ0n) is 12.2. The molecule has 0 bridgehead atoms. The second-order valence-corrected chi connectivity index (χ2v) is 6.75. The van der Waals surface area contributed by atoms with Crippen LogP contribution in [0.25, 0.3) is 0 Å². The summed E-state index contributed by atoms with van der Waals surface area (Å²) in [6, 6.07) is 11.9. The maximum absolute atomic E-state index is 12.5. The molecule has 0 fully saturated rings. The van der Waals surface area contributed by atoms with Gasteiger partial charge in [0.1, 0.15) is 5.75 Å². The van der Waals surface area contributed by atoms with Gasteiger partial charge in [-0.1, -0.05) is 27.7 Å². The van der Waals surface area contributed by atoms with Crippen LogP contribution >= 0.6 is 23.2 Å². The number of fused-ring (bicyclic) bond motifs is 1. The van der Waals surface area contributed by atoms with E-state index in [-0.39, 0.29) is 12.3 Å². The summed E-state index contributed by atoms with van der Waals surface area (Å²) in [6.07, 6.45) is -0.458. The molecule has 8 heteroatoms. The molecule has 1 atom stereocenters. The molecular formula is C16H12Cl2N2O3S. The van der Waals surface area contributed by atoms with Crippen LogP contribution in [0.15, 0.2) is 47.0 Å². The highest BCUT2D eigenvalue weighted by Gasteiger charge is 2.30. The molecule has 2 aromatic carbocycles. The minimum Gasteiger partial charge on any atom is -0.480 e. The van der Waals surface area contributed by atoms with Gasteiger partial charge in [0.25, 0.3) is 5.91 Å². The highest BCUT2D eigenvalue weighted by Crippen LogP contribution is 2.30. The number of halogens is 2. The van der Waals surface area contributed by atoms with Crippen molar-refractivity contribution in [2.75, 3.05) is 5.32 Å². The minimum absolute atomic E-state index is 0.279. The van der Waals surface area contributed by atoms with Gasteiger partial charge in [-0.15, -0.1) is 0 Å². The van der Waals surface area contributed by atoms with Crippen LogP contribution in [0.1, 0.15) is 12.0 Å². The molecule has 5 nitrogen and oxygen atoms in total. The first kappa shape index (κ1) is 17.0. The number of hydrogen-bond donors (Lipinski definition) is 2. The third-order valence-corrected chi connectivity index (χ3v) is 4.61. The van der Waals surface area contributed by atoms with E-state index < -0.39 is 6.10 Å². The van der Waals surface area contributed by atoms with Crippen LogP contribution in [0, 0.1) is 0 Å². The maximum atomic E-state index is 12.5. The van der Waals surface area contributed by atoms with Crippen molar-refractivity contribution >= 4 is 50.8 Å². The van der Waals surface area contributed by atoms with E-state index in [2.05, 4.69) is 9.84 Å². The Hall–Kier alpha value is -1.86. The highest BCUT2D eigenvalue weighted by molar-refractivity contribution is 7.69. The topological polar surface area (TPSA) is 70.9 Å². The number of ether oxygens (including phenoxy) is 1. The van der Waals surface area contributed by atoms with E-state index in [0.29, 0.717) is 26.3 Å². The number of nitrogens with zero attached hydrogens (tertiary/aromatic N) is 1. The van der Waals surface area contributed by atoms with Crippen molar-refractivity contribution < 1.29 is 14.7 Å². The van der Waals surface area contributed by atoms with Crippen molar-refractivity contribution in [2.45, 2.75) is 12.5 Å². The molecule has 0 saturated carbocycles. The predicted molar refractivity (Wildman–Crippen MR) is 96.3 cm³/mol. The van der Waals surface area contributed by atoms with Gasteiger partial charge in [0.05, 0.1) is 0 Å². The molecule has 24 heavy (non-hydrogen) atoms. The quantitative estimate of drug-likeness (QED) is 0.609. The number of nitrogens with one attached hydrogen (secondary N) is 1. The summed E-state index contributed by atoms with van der Waals surface area (Å²) >= 11 is 12.7. The zero-order valence-corrected chi connectivity index (χ0v) is 14.5. The highest BCUT2D eigenvalue weighted by atomic mass is 35.5. The lowest BCUT2D eigenvalue weighted by atomic mass is 10.0. The summed E-state index contributed by atoms with van der Waals surface area (Å²) in [5.74, 6) is 0.224. The Morgan fingerprint density at radius 2 is 1.92 bits per heavy atom. The zero-order chi connectivity index (χ0) is 17.1. The predicted octanol–water partition coefficient (Wildman–Crippen LogP) is 3.96.